The van der Waals surface area contributed by atoms with Crippen LogP contribution >= 0.6 is 0 Å². The molecule has 6 rings (SSSR count). The average Bonchev–Trinajstić information content (AvgIpc) is 3.15. The predicted molar refractivity (Wildman–Crippen MR) is 138 cm³/mol. The first kappa shape index (κ1) is 22.7. The van der Waals surface area contributed by atoms with Gasteiger partial charge >= 0.3 is 0 Å². The average molecular weight is 470 g/mol. The predicted octanol–water partition coefficient (Wildman–Crippen LogP) is 5.43. The third-order valence-electron chi connectivity index (χ3n) is 8.62. The van der Waals surface area contributed by atoms with Crippen LogP contribution in [0.5, 0.6) is 0 Å². The van der Waals surface area contributed by atoms with Crippen molar-refractivity contribution < 1.29 is 9.90 Å². The van der Waals surface area contributed by atoms with E-state index >= 15 is 0 Å². The summed E-state index contributed by atoms with van der Waals surface area (Å²) >= 11 is 0. The number of fused-ring (bicyclic) bond motifs is 3. The SMILES string of the molecule is CC1c2c(cc(CN3CCC(c4ccccc4)CC3)c3cccnc23)C(=O)N1C1CCCCC1O. The number of aromatic nitrogens is 1. The molecule has 3 aliphatic rings. The van der Waals surface area contributed by atoms with Gasteiger partial charge in [0, 0.05) is 29.3 Å². The molecular formula is C30H35N3O2. The van der Waals surface area contributed by atoms with E-state index in [1.165, 1.54) is 11.1 Å². The van der Waals surface area contributed by atoms with Crippen molar-refractivity contribution in [2.24, 2.45) is 0 Å². The summed E-state index contributed by atoms with van der Waals surface area (Å²) in [7, 11) is 0. The number of piperidine rings is 1. The smallest absolute Gasteiger partial charge is 0.255 e. The third kappa shape index (κ3) is 4.05. The number of amides is 1. The molecule has 5 nitrogen and oxygen atoms in total. The Labute approximate surface area is 207 Å². The first-order valence-corrected chi connectivity index (χ1v) is 13.3. The summed E-state index contributed by atoms with van der Waals surface area (Å²) in [5, 5.41) is 11.9. The molecule has 2 aliphatic heterocycles. The molecule has 1 saturated carbocycles. The molecule has 1 N–H and O–H groups in total. The van der Waals surface area contributed by atoms with Crippen molar-refractivity contribution in [1.82, 2.24) is 14.8 Å². The highest BCUT2D eigenvalue weighted by Gasteiger charge is 2.43. The highest BCUT2D eigenvalue weighted by molar-refractivity contribution is 6.05. The Hall–Kier alpha value is -2.76. The van der Waals surface area contributed by atoms with E-state index < -0.39 is 6.10 Å². The van der Waals surface area contributed by atoms with Crippen LogP contribution in [0.4, 0.5) is 0 Å². The molecule has 0 radical (unpaired) electrons. The monoisotopic (exact) mass is 469 g/mol. The van der Waals surface area contributed by atoms with Crippen molar-refractivity contribution in [2.45, 2.75) is 76.1 Å². The van der Waals surface area contributed by atoms with Crippen molar-refractivity contribution in [3.05, 3.63) is 77.0 Å². The van der Waals surface area contributed by atoms with Crippen LogP contribution in [0.25, 0.3) is 10.9 Å². The van der Waals surface area contributed by atoms with Gasteiger partial charge in [0.2, 0.25) is 0 Å². The molecule has 2 aromatic carbocycles. The standard InChI is InChI=1S/C30H35N3O2/c1-20-28-25(30(35)33(20)26-11-5-6-12-27(26)34)18-23(24-10-7-15-31-29(24)28)19-32-16-13-22(14-17-32)21-8-3-2-4-9-21/h2-4,7-10,15,18,20,22,26-27,34H,5-6,11-14,16-17,19H2,1H3. The number of rotatable bonds is 4. The number of hydrogen-bond donors (Lipinski definition) is 1. The molecule has 3 atom stereocenters. The fourth-order valence-corrected chi connectivity index (χ4v) is 6.77. The Bertz CT molecular complexity index is 1220. The van der Waals surface area contributed by atoms with Crippen LogP contribution in [0.2, 0.25) is 0 Å². The van der Waals surface area contributed by atoms with Crippen LogP contribution in [0.15, 0.2) is 54.7 Å². The Morgan fingerprint density at radius 2 is 1.77 bits per heavy atom. The van der Waals surface area contributed by atoms with E-state index in [0.29, 0.717) is 5.92 Å². The van der Waals surface area contributed by atoms with Gasteiger partial charge in [-0.15, -0.1) is 0 Å². The Morgan fingerprint density at radius 3 is 2.54 bits per heavy atom. The van der Waals surface area contributed by atoms with Crippen molar-refractivity contribution in [2.75, 3.05) is 13.1 Å². The fourth-order valence-electron chi connectivity index (χ4n) is 6.77. The van der Waals surface area contributed by atoms with Crippen molar-refractivity contribution in [1.29, 1.82) is 0 Å². The van der Waals surface area contributed by atoms with Gasteiger partial charge in [0.15, 0.2) is 0 Å². The van der Waals surface area contributed by atoms with E-state index in [9.17, 15) is 9.90 Å². The van der Waals surface area contributed by atoms with E-state index in [4.69, 9.17) is 4.98 Å². The van der Waals surface area contributed by atoms with Crippen LogP contribution in [0.1, 0.15) is 84.5 Å². The zero-order valence-electron chi connectivity index (χ0n) is 20.6. The Kier molecular flexibility index (Phi) is 6.07. The van der Waals surface area contributed by atoms with Crippen molar-refractivity contribution >= 4 is 16.8 Å². The van der Waals surface area contributed by atoms with Crippen LogP contribution < -0.4 is 0 Å². The maximum absolute atomic E-state index is 13.7. The van der Waals surface area contributed by atoms with Crippen molar-refractivity contribution in [3.8, 4) is 0 Å². The molecule has 1 aliphatic carbocycles. The lowest BCUT2D eigenvalue weighted by atomic mass is 9.89. The summed E-state index contributed by atoms with van der Waals surface area (Å²) in [6.07, 6.45) is 7.49. The molecule has 2 fully saturated rings. The number of likely N-dealkylation sites (tertiary alicyclic amines) is 1. The normalized spacial score (nSPS) is 25.8. The van der Waals surface area contributed by atoms with E-state index in [1.54, 1.807) is 0 Å². The fraction of sp³-hybridized carbons (Fsp3) is 0.467. The lowest BCUT2D eigenvalue weighted by Gasteiger charge is -2.37. The molecule has 3 aromatic rings. The van der Waals surface area contributed by atoms with E-state index in [-0.39, 0.29) is 18.0 Å². The summed E-state index contributed by atoms with van der Waals surface area (Å²) < 4.78 is 0. The topological polar surface area (TPSA) is 56.7 Å². The second kappa shape index (κ2) is 9.36. The highest BCUT2D eigenvalue weighted by atomic mass is 16.3. The number of aliphatic hydroxyl groups excluding tert-OH is 1. The summed E-state index contributed by atoms with van der Waals surface area (Å²) in [5.41, 5.74) is 5.42. The minimum absolute atomic E-state index is 0.0649. The van der Waals surface area contributed by atoms with E-state index in [0.717, 1.165) is 80.2 Å². The van der Waals surface area contributed by atoms with Gasteiger partial charge in [0.1, 0.15) is 0 Å². The van der Waals surface area contributed by atoms with Crippen LogP contribution in [0.3, 0.4) is 0 Å². The molecule has 3 unspecified atom stereocenters. The number of nitrogens with zero attached hydrogens (tertiary/aromatic N) is 3. The molecule has 1 aromatic heterocycles. The lowest BCUT2D eigenvalue weighted by molar-refractivity contribution is 0.00975. The summed E-state index contributed by atoms with van der Waals surface area (Å²) in [5.74, 6) is 0.693. The van der Waals surface area contributed by atoms with Crippen molar-refractivity contribution in [3.63, 3.8) is 0 Å². The van der Waals surface area contributed by atoms with E-state index in [1.807, 2.05) is 17.2 Å². The quantitative estimate of drug-likeness (QED) is 0.553. The minimum atomic E-state index is -0.436. The zero-order chi connectivity index (χ0) is 23.9. The highest BCUT2D eigenvalue weighted by Crippen LogP contribution is 2.43. The summed E-state index contributed by atoms with van der Waals surface area (Å²) in [4.78, 5) is 23.0. The van der Waals surface area contributed by atoms with Crippen LogP contribution in [0, 0.1) is 0 Å². The molecule has 3 heterocycles. The Balaban J connectivity index is 1.28. The molecular weight excluding hydrogens is 434 g/mol. The zero-order valence-corrected chi connectivity index (χ0v) is 20.6. The molecule has 5 heteroatoms. The number of carbonyl (C=O) groups excluding carboxylic acids is 1. The molecule has 182 valence electrons. The maximum atomic E-state index is 13.7. The van der Waals surface area contributed by atoms with Gasteiger partial charge in [-0.2, -0.15) is 0 Å². The number of benzene rings is 2. The maximum Gasteiger partial charge on any atom is 0.255 e. The van der Waals surface area contributed by atoms with E-state index in [2.05, 4.69) is 54.3 Å². The molecule has 35 heavy (non-hydrogen) atoms. The van der Waals surface area contributed by atoms with Crippen LogP contribution in [-0.4, -0.2) is 51.0 Å². The van der Waals surface area contributed by atoms with Gasteiger partial charge in [0.25, 0.3) is 5.91 Å². The minimum Gasteiger partial charge on any atom is -0.391 e. The Morgan fingerprint density at radius 1 is 1.00 bits per heavy atom. The van der Waals surface area contributed by atoms with Gasteiger partial charge in [-0.25, -0.2) is 0 Å². The second-order valence-electron chi connectivity index (χ2n) is 10.7. The first-order valence-electron chi connectivity index (χ1n) is 13.3. The molecule has 1 saturated heterocycles. The summed E-state index contributed by atoms with van der Waals surface area (Å²) in [6.45, 7) is 5.06. The molecule has 0 bridgehead atoms. The molecule has 0 spiro atoms. The van der Waals surface area contributed by atoms with Gasteiger partial charge in [-0.05, 0) is 74.9 Å². The first-order chi connectivity index (χ1) is 17.1. The number of aliphatic hydroxyl groups is 1. The van der Waals surface area contributed by atoms with Gasteiger partial charge in [-0.3, -0.25) is 14.7 Å². The third-order valence-corrected chi connectivity index (χ3v) is 8.62. The molecule has 1 amide bonds. The number of carbonyl (C=O) groups is 1. The largest absolute Gasteiger partial charge is 0.391 e. The number of hydrogen-bond acceptors (Lipinski definition) is 4. The summed E-state index contributed by atoms with van der Waals surface area (Å²) in [6, 6.07) is 17.0. The van der Waals surface area contributed by atoms with Crippen LogP contribution in [-0.2, 0) is 6.54 Å². The van der Waals surface area contributed by atoms with Gasteiger partial charge in [-0.1, -0.05) is 49.2 Å². The van der Waals surface area contributed by atoms with Gasteiger partial charge in [0.05, 0.1) is 23.7 Å². The lowest BCUT2D eigenvalue weighted by Crippen LogP contribution is -2.46. The van der Waals surface area contributed by atoms with Gasteiger partial charge < -0.3 is 10.0 Å². The number of pyridine rings is 1. The second-order valence-corrected chi connectivity index (χ2v) is 10.7.